The first-order valence-corrected chi connectivity index (χ1v) is 19.5. The third-order valence-corrected chi connectivity index (χ3v) is 16.4. The third-order valence-electron chi connectivity index (χ3n) is 16.4. The molecular formula is C39H65N2O7+. The molecule has 6 fully saturated rings. The van der Waals surface area contributed by atoms with Gasteiger partial charge in [-0.3, -0.25) is 10.5 Å². The number of piperidine rings is 1. The number of epoxide rings is 1. The fourth-order valence-corrected chi connectivity index (χ4v) is 13.1. The zero-order valence-corrected chi connectivity index (χ0v) is 30.0. The second-order valence-electron chi connectivity index (χ2n) is 18.7. The lowest BCUT2D eigenvalue weighted by Gasteiger charge is -2.62. The molecule has 0 aromatic heterocycles. The summed E-state index contributed by atoms with van der Waals surface area (Å²) in [7, 11) is 0. The predicted octanol–water partition coefficient (Wildman–Crippen LogP) is 2.70. The maximum atomic E-state index is 14.0. The SMILES string of the molecule is C[C@](O)([C@@H]1O[C@@H]1[C@](C)(O)[C@](C)(CO)CCC1CC[NH2+]C(N)C1)[C@H]1CC[C@@]2(O)C3=CC(=O)[C@H]4C[C@@H](O)CC[C@]4(C4CCCC4)[C@@H]3CC[C@]12C. The van der Waals surface area contributed by atoms with Gasteiger partial charge in [-0.1, -0.05) is 26.7 Å². The zero-order valence-electron chi connectivity index (χ0n) is 30.0. The largest absolute Gasteiger partial charge is 0.396 e. The molecule has 7 aliphatic rings. The van der Waals surface area contributed by atoms with Gasteiger partial charge in [0.05, 0.1) is 36.1 Å². The molecule has 0 bridgehead atoms. The van der Waals surface area contributed by atoms with E-state index in [9.17, 15) is 30.3 Å². The van der Waals surface area contributed by atoms with Gasteiger partial charge in [-0.15, -0.1) is 0 Å². The number of nitrogens with two attached hydrogens (primary N) is 2. The van der Waals surface area contributed by atoms with Crippen LogP contribution in [0.4, 0.5) is 0 Å². The maximum Gasteiger partial charge on any atom is 0.159 e. The van der Waals surface area contributed by atoms with Crippen LogP contribution in [0, 0.1) is 45.8 Å². The number of ether oxygens (including phenoxy) is 1. The van der Waals surface area contributed by atoms with Crippen LogP contribution in [-0.2, 0) is 9.53 Å². The lowest BCUT2D eigenvalue weighted by atomic mass is 9.42. The molecule has 2 aliphatic heterocycles. The summed E-state index contributed by atoms with van der Waals surface area (Å²) in [5, 5.41) is 61.0. The number of rotatable bonds is 9. The molecule has 0 radical (unpaired) electrons. The first kappa shape index (κ1) is 35.5. The Morgan fingerprint density at radius 2 is 1.71 bits per heavy atom. The van der Waals surface area contributed by atoms with Crippen molar-refractivity contribution in [3.63, 3.8) is 0 Å². The first-order chi connectivity index (χ1) is 22.5. The quantitative estimate of drug-likeness (QED) is 0.183. The van der Waals surface area contributed by atoms with Gasteiger partial charge < -0.3 is 35.6 Å². The van der Waals surface area contributed by atoms with Gasteiger partial charge in [0.15, 0.2) is 5.78 Å². The minimum Gasteiger partial charge on any atom is -0.396 e. The number of aliphatic hydroxyl groups is 5. The number of hydrogen-bond acceptors (Lipinski definition) is 8. The normalized spacial score (nSPS) is 48.4. The molecule has 9 N–H and O–H groups in total. The Kier molecular flexibility index (Phi) is 8.93. The molecule has 48 heavy (non-hydrogen) atoms. The molecule has 0 aromatic rings. The molecule has 14 atom stereocenters. The highest BCUT2D eigenvalue weighted by Gasteiger charge is 2.73. The van der Waals surface area contributed by atoms with Crippen molar-refractivity contribution in [1.82, 2.24) is 0 Å². The van der Waals surface area contributed by atoms with Gasteiger partial charge in [0.25, 0.3) is 0 Å². The minimum atomic E-state index is -1.38. The van der Waals surface area contributed by atoms with Crippen LogP contribution in [0.3, 0.4) is 0 Å². The molecule has 5 aliphatic carbocycles. The van der Waals surface area contributed by atoms with Crippen LogP contribution >= 0.6 is 0 Å². The summed E-state index contributed by atoms with van der Waals surface area (Å²) in [6.07, 6.45) is 13.1. The Morgan fingerprint density at radius 3 is 2.40 bits per heavy atom. The van der Waals surface area contributed by atoms with Crippen LogP contribution in [0.15, 0.2) is 11.6 Å². The number of fused-ring (bicyclic) bond motifs is 5. The molecule has 2 saturated heterocycles. The Bertz CT molecular complexity index is 1280. The van der Waals surface area contributed by atoms with Crippen LogP contribution in [0.5, 0.6) is 0 Å². The Morgan fingerprint density at radius 1 is 0.979 bits per heavy atom. The molecule has 0 amide bonds. The van der Waals surface area contributed by atoms with Crippen molar-refractivity contribution in [2.75, 3.05) is 13.2 Å². The molecule has 9 nitrogen and oxygen atoms in total. The highest BCUT2D eigenvalue weighted by molar-refractivity contribution is 5.95. The van der Waals surface area contributed by atoms with Gasteiger partial charge in [-0.25, -0.2) is 0 Å². The first-order valence-electron chi connectivity index (χ1n) is 19.5. The number of ketones is 1. The van der Waals surface area contributed by atoms with Gasteiger partial charge in [0.2, 0.25) is 0 Å². The number of hydrogen-bond donors (Lipinski definition) is 7. The van der Waals surface area contributed by atoms with E-state index in [0.717, 1.165) is 69.9 Å². The molecule has 0 spiro atoms. The molecule has 272 valence electrons. The van der Waals surface area contributed by atoms with E-state index in [4.69, 9.17) is 10.5 Å². The van der Waals surface area contributed by atoms with E-state index in [2.05, 4.69) is 12.2 Å². The lowest BCUT2D eigenvalue weighted by molar-refractivity contribution is -0.699. The number of aliphatic hydroxyl groups excluding tert-OH is 2. The fraction of sp³-hybridized carbons (Fsp3) is 0.923. The van der Waals surface area contributed by atoms with Crippen molar-refractivity contribution >= 4 is 5.78 Å². The molecule has 4 saturated carbocycles. The average molecular weight is 674 g/mol. The van der Waals surface area contributed by atoms with Crippen molar-refractivity contribution in [2.45, 2.75) is 165 Å². The lowest BCUT2D eigenvalue weighted by Crippen LogP contribution is -2.94. The van der Waals surface area contributed by atoms with Gasteiger partial charge in [-0.2, -0.15) is 0 Å². The summed E-state index contributed by atoms with van der Waals surface area (Å²) in [4.78, 5) is 14.0. The number of carbonyl (C=O) groups is 1. The third kappa shape index (κ3) is 5.10. The van der Waals surface area contributed by atoms with Crippen LogP contribution in [-0.4, -0.2) is 85.7 Å². The van der Waals surface area contributed by atoms with E-state index >= 15 is 0 Å². The summed E-state index contributed by atoms with van der Waals surface area (Å²) in [5.41, 5.74) is 1.48. The minimum absolute atomic E-state index is 0.0815. The number of allylic oxidation sites excluding steroid dienone is 1. The molecule has 2 unspecified atom stereocenters. The van der Waals surface area contributed by atoms with Crippen molar-refractivity contribution < 1.29 is 40.4 Å². The van der Waals surface area contributed by atoms with E-state index in [1.54, 1.807) is 13.0 Å². The summed E-state index contributed by atoms with van der Waals surface area (Å²) in [5.74, 6) is 0.621. The van der Waals surface area contributed by atoms with Gasteiger partial charge in [-0.05, 0) is 132 Å². The molecule has 0 aromatic carbocycles. The van der Waals surface area contributed by atoms with Gasteiger partial charge in [0, 0.05) is 23.2 Å². The van der Waals surface area contributed by atoms with Crippen molar-refractivity contribution in [3.05, 3.63) is 11.6 Å². The highest BCUT2D eigenvalue weighted by Crippen LogP contribution is 2.71. The van der Waals surface area contributed by atoms with E-state index in [1.807, 2.05) is 13.8 Å². The average Bonchev–Trinajstić information content (AvgIpc) is 3.60. The number of carbonyl (C=O) groups excluding carboxylic acids is 1. The van der Waals surface area contributed by atoms with E-state index < -0.39 is 45.9 Å². The van der Waals surface area contributed by atoms with Crippen molar-refractivity contribution in [2.24, 2.45) is 51.6 Å². The zero-order chi connectivity index (χ0) is 34.5. The fourth-order valence-electron chi connectivity index (χ4n) is 13.1. The standard InChI is InChI=1S/C39H64N2O7/c1-34(22-42,14-9-23-13-18-41-31(40)19-23)37(4,46)33-32(48-33)36(3,45)30-12-17-39(47)27-21-29(44)28-20-25(43)10-16-38(28,24-7-5-6-8-24)26(27)11-15-35(30,39)2/h21,23-26,28,30-33,41-43,45-47H,5-20,22,40H2,1-4H3/p+1/t23?,25-,26+,28+,30-,31?,32+,33-,34-,35+,36+,37-,38-,39+/m0/s1. The number of quaternary nitrogens is 1. The van der Waals surface area contributed by atoms with Crippen molar-refractivity contribution in [3.8, 4) is 0 Å². The highest BCUT2D eigenvalue weighted by atomic mass is 16.6. The van der Waals surface area contributed by atoms with Crippen LogP contribution in [0.2, 0.25) is 0 Å². The maximum absolute atomic E-state index is 14.0. The van der Waals surface area contributed by atoms with Crippen LogP contribution in [0.25, 0.3) is 0 Å². The molecular weight excluding hydrogens is 608 g/mol. The van der Waals surface area contributed by atoms with Gasteiger partial charge >= 0.3 is 0 Å². The summed E-state index contributed by atoms with van der Waals surface area (Å²) in [6.45, 7) is 8.41. The van der Waals surface area contributed by atoms with Gasteiger partial charge in [0.1, 0.15) is 18.4 Å². The monoisotopic (exact) mass is 673 g/mol. The van der Waals surface area contributed by atoms with Crippen LogP contribution < -0.4 is 11.1 Å². The van der Waals surface area contributed by atoms with Crippen molar-refractivity contribution in [1.29, 1.82) is 0 Å². The second kappa shape index (κ2) is 12.1. The van der Waals surface area contributed by atoms with E-state index in [1.165, 1.54) is 12.8 Å². The Balaban J connectivity index is 1.12. The van der Waals surface area contributed by atoms with E-state index in [-0.39, 0.29) is 41.7 Å². The predicted molar refractivity (Wildman–Crippen MR) is 181 cm³/mol. The topological polar surface area (TPSA) is 173 Å². The second-order valence-corrected chi connectivity index (χ2v) is 18.7. The Hall–Kier alpha value is -0.910. The summed E-state index contributed by atoms with van der Waals surface area (Å²) >= 11 is 0. The smallest absolute Gasteiger partial charge is 0.159 e. The van der Waals surface area contributed by atoms with E-state index in [0.29, 0.717) is 37.5 Å². The summed E-state index contributed by atoms with van der Waals surface area (Å²) in [6, 6.07) is 0. The Labute approximate surface area is 287 Å². The molecule has 9 heteroatoms. The molecule has 7 rings (SSSR count). The molecule has 2 heterocycles. The van der Waals surface area contributed by atoms with Crippen LogP contribution in [0.1, 0.15) is 124 Å². The summed E-state index contributed by atoms with van der Waals surface area (Å²) < 4.78 is 6.25.